The molecule has 2 rings (SSSR count). The van der Waals surface area contributed by atoms with Crippen LogP contribution in [-0.2, 0) is 6.54 Å². The molecule has 0 heterocycles. The number of anilines is 1. The smallest absolute Gasteiger partial charge is 0.143 e. The molecule has 0 amide bonds. The molecule has 0 radical (unpaired) electrons. The summed E-state index contributed by atoms with van der Waals surface area (Å²) in [4.78, 5) is 0. The third-order valence-corrected chi connectivity index (χ3v) is 5.04. The zero-order valence-corrected chi connectivity index (χ0v) is 15.9. The molecule has 0 saturated heterocycles. The van der Waals surface area contributed by atoms with Gasteiger partial charge in [-0.05, 0) is 93.5 Å². The van der Waals surface area contributed by atoms with Gasteiger partial charge >= 0.3 is 0 Å². The van der Waals surface area contributed by atoms with E-state index in [-0.39, 0.29) is 5.75 Å². The summed E-state index contributed by atoms with van der Waals surface area (Å²) in [6.45, 7) is 0.651. The second-order valence-electron chi connectivity index (χ2n) is 3.86. The van der Waals surface area contributed by atoms with E-state index in [0.29, 0.717) is 15.5 Å². The molecule has 0 aliphatic heterocycles. The van der Waals surface area contributed by atoms with Crippen LogP contribution in [-0.4, -0.2) is 5.11 Å². The van der Waals surface area contributed by atoms with E-state index in [2.05, 4.69) is 69.0 Å². The molecule has 2 aromatic carbocycles. The number of para-hydroxylation sites is 1. The van der Waals surface area contributed by atoms with Crippen LogP contribution in [0.3, 0.4) is 0 Å². The average Bonchev–Trinajstić information content (AvgIpc) is 2.35. The molecule has 0 saturated carbocycles. The maximum Gasteiger partial charge on any atom is 0.143 e. The van der Waals surface area contributed by atoms with Crippen LogP contribution < -0.4 is 5.32 Å². The Bertz CT molecular complexity index is 572. The van der Waals surface area contributed by atoms with Crippen molar-refractivity contribution in [1.29, 1.82) is 0 Å². The highest BCUT2D eigenvalue weighted by Crippen LogP contribution is 2.34. The fourth-order valence-corrected chi connectivity index (χ4v) is 4.14. The van der Waals surface area contributed by atoms with E-state index in [9.17, 15) is 5.11 Å². The molecular formula is C13H9Br4NO. The Morgan fingerprint density at radius 1 is 0.895 bits per heavy atom. The quantitative estimate of drug-likeness (QED) is 0.522. The van der Waals surface area contributed by atoms with Crippen molar-refractivity contribution < 1.29 is 5.11 Å². The van der Waals surface area contributed by atoms with Crippen LogP contribution in [0.4, 0.5) is 5.69 Å². The van der Waals surface area contributed by atoms with Crippen LogP contribution in [0.25, 0.3) is 0 Å². The number of aromatic hydroxyl groups is 1. The number of halogens is 4. The summed E-state index contributed by atoms with van der Waals surface area (Å²) in [6, 6.07) is 9.70. The number of rotatable bonds is 3. The van der Waals surface area contributed by atoms with Gasteiger partial charge in [-0.15, -0.1) is 0 Å². The van der Waals surface area contributed by atoms with Crippen LogP contribution in [0.1, 0.15) is 5.56 Å². The zero-order valence-electron chi connectivity index (χ0n) is 9.55. The third-order valence-electron chi connectivity index (χ3n) is 2.51. The summed E-state index contributed by atoms with van der Waals surface area (Å²) < 4.78 is 3.34. The first-order chi connectivity index (χ1) is 8.99. The molecule has 0 unspecified atom stereocenters. The van der Waals surface area contributed by atoms with Gasteiger partial charge in [0.05, 0.1) is 14.6 Å². The van der Waals surface area contributed by atoms with E-state index < -0.39 is 0 Å². The highest BCUT2D eigenvalue weighted by molar-refractivity contribution is 9.11. The van der Waals surface area contributed by atoms with Crippen molar-refractivity contribution in [1.82, 2.24) is 0 Å². The standard InChI is InChI=1S/C13H9Br4NO/c14-8-2-1-3-9(15)12(8)18-6-7-4-10(16)13(19)11(17)5-7/h1-5,18-19H,6H2. The first kappa shape index (κ1) is 15.4. The molecule has 0 spiro atoms. The predicted octanol–water partition coefficient (Wildman–Crippen LogP) is 6.05. The molecule has 2 N–H and O–H groups in total. The third kappa shape index (κ3) is 3.74. The minimum atomic E-state index is 0.214. The molecule has 0 aromatic heterocycles. The molecule has 0 bridgehead atoms. The molecule has 2 aromatic rings. The molecule has 100 valence electrons. The van der Waals surface area contributed by atoms with Crippen LogP contribution >= 0.6 is 63.7 Å². The van der Waals surface area contributed by atoms with Crippen molar-refractivity contribution >= 4 is 69.4 Å². The van der Waals surface area contributed by atoms with Crippen molar-refractivity contribution in [3.63, 3.8) is 0 Å². The van der Waals surface area contributed by atoms with E-state index in [1.54, 1.807) is 0 Å². The fourth-order valence-electron chi connectivity index (χ4n) is 1.58. The summed E-state index contributed by atoms with van der Waals surface area (Å²) in [5, 5.41) is 13.0. The van der Waals surface area contributed by atoms with Crippen molar-refractivity contribution in [2.45, 2.75) is 6.54 Å². The number of benzene rings is 2. The van der Waals surface area contributed by atoms with E-state index in [1.807, 2.05) is 30.3 Å². The molecule has 6 heteroatoms. The maximum absolute atomic E-state index is 9.68. The van der Waals surface area contributed by atoms with Crippen molar-refractivity contribution in [2.24, 2.45) is 0 Å². The highest BCUT2D eigenvalue weighted by Gasteiger charge is 2.08. The zero-order chi connectivity index (χ0) is 14.0. The number of nitrogens with one attached hydrogen (secondary N) is 1. The van der Waals surface area contributed by atoms with Gasteiger partial charge in [-0.3, -0.25) is 0 Å². The SMILES string of the molecule is Oc1c(Br)cc(CNc2c(Br)cccc2Br)cc1Br. The lowest BCUT2D eigenvalue weighted by Crippen LogP contribution is -2.01. The lowest BCUT2D eigenvalue weighted by molar-refractivity contribution is 0.468. The Morgan fingerprint density at radius 3 is 1.95 bits per heavy atom. The van der Waals surface area contributed by atoms with Gasteiger partial charge in [0.2, 0.25) is 0 Å². The summed E-state index contributed by atoms with van der Waals surface area (Å²) in [6.07, 6.45) is 0. The van der Waals surface area contributed by atoms with E-state index in [0.717, 1.165) is 20.2 Å². The first-order valence-electron chi connectivity index (χ1n) is 5.34. The molecule has 0 aliphatic rings. The van der Waals surface area contributed by atoms with Crippen LogP contribution in [0.5, 0.6) is 5.75 Å². The molecule has 0 aliphatic carbocycles. The monoisotopic (exact) mass is 511 g/mol. The van der Waals surface area contributed by atoms with Crippen LogP contribution in [0, 0.1) is 0 Å². The van der Waals surface area contributed by atoms with Crippen molar-refractivity contribution in [2.75, 3.05) is 5.32 Å². The Labute approximate surface area is 145 Å². The number of phenolic OH excluding ortho intramolecular Hbond substituents is 1. The summed E-state index contributed by atoms with van der Waals surface area (Å²) in [7, 11) is 0. The lowest BCUT2D eigenvalue weighted by atomic mass is 10.2. The van der Waals surface area contributed by atoms with Gasteiger partial charge in [-0.25, -0.2) is 0 Å². The van der Waals surface area contributed by atoms with Gasteiger partial charge < -0.3 is 10.4 Å². The highest BCUT2D eigenvalue weighted by atomic mass is 79.9. The number of hydrogen-bond donors (Lipinski definition) is 2. The molecule has 2 nitrogen and oxygen atoms in total. The molecule has 0 atom stereocenters. The normalized spacial score (nSPS) is 10.5. The summed E-state index contributed by atoms with van der Waals surface area (Å²) in [5.74, 6) is 0.214. The van der Waals surface area contributed by atoms with Crippen molar-refractivity contribution in [3.8, 4) is 5.75 Å². The maximum atomic E-state index is 9.68. The first-order valence-corrected chi connectivity index (χ1v) is 8.51. The minimum Gasteiger partial charge on any atom is -0.506 e. The second kappa shape index (κ2) is 6.61. The van der Waals surface area contributed by atoms with E-state index in [4.69, 9.17) is 0 Å². The average molecular weight is 515 g/mol. The number of hydrogen-bond acceptors (Lipinski definition) is 2. The fraction of sp³-hybridized carbons (Fsp3) is 0.0769. The van der Waals surface area contributed by atoms with Crippen LogP contribution in [0.15, 0.2) is 48.2 Å². The van der Waals surface area contributed by atoms with E-state index in [1.165, 1.54) is 0 Å². The van der Waals surface area contributed by atoms with Gasteiger partial charge in [-0.2, -0.15) is 0 Å². The van der Waals surface area contributed by atoms with Crippen molar-refractivity contribution in [3.05, 3.63) is 53.8 Å². The van der Waals surface area contributed by atoms with Gasteiger partial charge in [0.1, 0.15) is 5.75 Å². The summed E-state index contributed by atoms with van der Waals surface area (Å²) >= 11 is 13.7. The Morgan fingerprint density at radius 2 is 1.42 bits per heavy atom. The predicted molar refractivity (Wildman–Crippen MR) is 92.7 cm³/mol. The van der Waals surface area contributed by atoms with Gasteiger partial charge in [0.25, 0.3) is 0 Å². The Hall–Kier alpha value is -0.0400. The Balaban J connectivity index is 2.19. The number of phenols is 1. The van der Waals surface area contributed by atoms with Gasteiger partial charge in [0.15, 0.2) is 0 Å². The molecular weight excluding hydrogens is 506 g/mol. The minimum absolute atomic E-state index is 0.214. The topological polar surface area (TPSA) is 32.3 Å². The van der Waals surface area contributed by atoms with Crippen LogP contribution in [0.2, 0.25) is 0 Å². The molecule has 0 fully saturated rings. The Kier molecular flexibility index (Phi) is 5.34. The van der Waals surface area contributed by atoms with Gasteiger partial charge in [0, 0.05) is 15.5 Å². The second-order valence-corrected chi connectivity index (χ2v) is 7.28. The van der Waals surface area contributed by atoms with E-state index >= 15 is 0 Å². The summed E-state index contributed by atoms with van der Waals surface area (Å²) in [5.41, 5.74) is 2.06. The molecule has 19 heavy (non-hydrogen) atoms. The van der Waals surface area contributed by atoms with Gasteiger partial charge in [-0.1, -0.05) is 6.07 Å². The largest absolute Gasteiger partial charge is 0.506 e. The lowest BCUT2D eigenvalue weighted by Gasteiger charge is -2.12.